The van der Waals surface area contributed by atoms with E-state index in [1.807, 2.05) is 36.4 Å². The number of non-ortho nitro benzene ring substituents is 1. The lowest BCUT2D eigenvalue weighted by molar-refractivity contribution is -0.384. The van der Waals surface area contributed by atoms with Crippen molar-refractivity contribution in [2.24, 2.45) is 5.10 Å². The SMILES string of the molecule is O=C(CSCc1ccccc1Br)NN=Cc1ccc(OCc2ccc([N+](=O)[O-])cc2)cc1. The lowest BCUT2D eigenvalue weighted by atomic mass is 10.2. The van der Waals surface area contributed by atoms with Crippen LogP contribution in [-0.4, -0.2) is 22.8 Å². The van der Waals surface area contributed by atoms with Gasteiger partial charge < -0.3 is 4.74 Å². The number of thioether (sulfide) groups is 1. The van der Waals surface area contributed by atoms with Crippen LogP contribution in [-0.2, 0) is 17.2 Å². The van der Waals surface area contributed by atoms with E-state index in [0.717, 1.165) is 26.9 Å². The van der Waals surface area contributed by atoms with E-state index < -0.39 is 4.92 Å². The van der Waals surface area contributed by atoms with Gasteiger partial charge in [-0.2, -0.15) is 5.10 Å². The van der Waals surface area contributed by atoms with Gasteiger partial charge in [-0.05, 0) is 59.2 Å². The summed E-state index contributed by atoms with van der Waals surface area (Å²) < 4.78 is 6.72. The molecule has 3 aromatic rings. The summed E-state index contributed by atoms with van der Waals surface area (Å²) in [6.07, 6.45) is 1.57. The number of halogens is 1. The quantitative estimate of drug-likeness (QED) is 0.225. The van der Waals surface area contributed by atoms with E-state index in [1.54, 1.807) is 30.5 Å². The molecule has 0 aliphatic rings. The molecular weight excluding hydrogens is 494 g/mol. The number of amides is 1. The fraction of sp³-hybridized carbons (Fsp3) is 0.130. The molecule has 0 heterocycles. The first-order valence-corrected chi connectivity index (χ1v) is 11.6. The minimum Gasteiger partial charge on any atom is -0.489 e. The summed E-state index contributed by atoms with van der Waals surface area (Å²) in [5.74, 6) is 1.54. The summed E-state index contributed by atoms with van der Waals surface area (Å²) in [7, 11) is 0. The minimum absolute atomic E-state index is 0.0485. The van der Waals surface area contributed by atoms with Crippen LogP contribution in [0.4, 0.5) is 5.69 Å². The highest BCUT2D eigenvalue weighted by Crippen LogP contribution is 2.21. The summed E-state index contributed by atoms with van der Waals surface area (Å²) in [4.78, 5) is 22.2. The molecule has 0 radical (unpaired) electrons. The van der Waals surface area contributed by atoms with Gasteiger partial charge in [-0.25, -0.2) is 5.43 Å². The van der Waals surface area contributed by atoms with Crippen LogP contribution < -0.4 is 10.2 Å². The molecule has 0 saturated carbocycles. The Morgan fingerprint density at radius 1 is 1.09 bits per heavy atom. The van der Waals surface area contributed by atoms with Crippen LogP contribution in [0, 0.1) is 10.1 Å². The van der Waals surface area contributed by atoms with Crippen molar-refractivity contribution in [2.45, 2.75) is 12.4 Å². The third-order valence-corrected chi connectivity index (χ3v) is 6.04. The number of ether oxygens (including phenoxy) is 1. The number of carbonyl (C=O) groups is 1. The molecule has 3 aromatic carbocycles. The summed E-state index contributed by atoms with van der Waals surface area (Å²) >= 11 is 5.01. The number of nitrogens with zero attached hydrogens (tertiary/aromatic N) is 2. The topological polar surface area (TPSA) is 93.8 Å². The summed E-state index contributed by atoms with van der Waals surface area (Å²) in [6.45, 7) is 0.304. The molecule has 0 aliphatic carbocycles. The molecule has 1 amide bonds. The third-order valence-electron chi connectivity index (χ3n) is 4.28. The lowest BCUT2D eigenvalue weighted by Gasteiger charge is -2.06. The Balaban J connectivity index is 1.39. The van der Waals surface area contributed by atoms with Crippen LogP contribution >= 0.6 is 27.7 Å². The van der Waals surface area contributed by atoms with E-state index in [4.69, 9.17) is 4.74 Å². The molecule has 164 valence electrons. The second-order valence-corrected chi connectivity index (χ2v) is 8.50. The van der Waals surface area contributed by atoms with Crippen molar-refractivity contribution < 1.29 is 14.5 Å². The van der Waals surface area contributed by atoms with Crippen molar-refractivity contribution in [3.05, 3.63) is 104 Å². The van der Waals surface area contributed by atoms with Gasteiger partial charge in [0.15, 0.2) is 0 Å². The molecule has 0 aromatic heterocycles. The number of hydrogen-bond acceptors (Lipinski definition) is 6. The van der Waals surface area contributed by atoms with Crippen molar-refractivity contribution in [1.29, 1.82) is 0 Å². The molecule has 0 atom stereocenters. The molecule has 9 heteroatoms. The molecule has 0 saturated heterocycles. The van der Waals surface area contributed by atoms with Crippen LogP contribution in [0.1, 0.15) is 16.7 Å². The number of nitro groups is 1. The zero-order valence-corrected chi connectivity index (χ0v) is 19.3. The number of hydrazone groups is 1. The lowest BCUT2D eigenvalue weighted by Crippen LogP contribution is -2.19. The molecule has 32 heavy (non-hydrogen) atoms. The second kappa shape index (κ2) is 12.0. The Morgan fingerprint density at radius 2 is 1.81 bits per heavy atom. The number of benzene rings is 3. The first-order valence-electron chi connectivity index (χ1n) is 9.60. The van der Waals surface area contributed by atoms with Crippen LogP contribution in [0.2, 0.25) is 0 Å². The predicted molar refractivity (Wildman–Crippen MR) is 130 cm³/mol. The maximum absolute atomic E-state index is 11.9. The highest BCUT2D eigenvalue weighted by molar-refractivity contribution is 9.10. The van der Waals surface area contributed by atoms with Crippen LogP contribution in [0.3, 0.4) is 0 Å². The van der Waals surface area contributed by atoms with E-state index in [-0.39, 0.29) is 11.6 Å². The van der Waals surface area contributed by atoms with Gasteiger partial charge in [0.1, 0.15) is 12.4 Å². The fourth-order valence-corrected chi connectivity index (χ4v) is 4.05. The van der Waals surface area contributed by atoms with Crippen LogP contribution in [0.25, 0.3) is 0 Å². The average molecular weight is 514 g/mol. The van der Waals surface area contributed by atoms with Gasteiger partial charge >= 0.3 is 0 Å². The van der Waals surface area contributed by atoms with Crippen LogP contribution in [0.5, 0.6) is 5.75 Å². The second-order valence-electron chi connectivity index (χ2n) is 6.66. The van der Waals surface area contributed by atoms with E-state index in [0.29, 0.717) is 18.1 Å². The van der Waals surface area contributed by atoms with Gasteiger partial charge in [0, 0.05) is 22.4 Å². The Bertz CT molecular complexity index is 1090. The Hall–Kier alpha value is -3.17. The predicted octanol–water partition coefficient (Wildman–Crippen LogP) is 5.32. The molecule has 0 aliphatic heterocycles. The van der Waals surface area contributed by atoms with E-state index in [1.165, 1.54) is 23.9 Å². The van der Waals surface area contributed by atoms with Crippen molar-refractivity contribution in [2.75, 3.05) is 5.75 Å². The zero-order chi connectivity index (χ0) is 22.8. The molecule has 0 unspecified atom stereocenters. The number of nitrogens with one attached hydrogen (secondary N) is 1. The van der Waals surface area contributed by atoms with Crippen LogP contribution in [0.15, 0.2) is 82.4 Å². The van der Waals surface area contributed by atoms with Gasteiger partial charge in [0.2, 0.25) is 5.91 Å². The van der Waals surface area contributed by atoms with E-state index in [9.17, 15) is 14.9 Å². The summed E-state index contributed by atoms with van der Waals surface area (Å²) in [5.41, 5.74) is 5.36. The third kappa shape index (κ3) is 7.51. The summed E-state index contributed by atoms with van der Waals surface area (Å²) in [6, 6.07) is 21.4. The zero-order valence-electron chi connectivity index (χ0n) is 16.9. The summed E-state index contributed by atoms with van der Waals surface area (Å²) in [5, 5.41) is 14.7. The van der Waals surface area contributed by atoms with Gasteiger partial charge in [-0.15, -0.1) is 11.8 Å². The number of carbonyl (C=O) groups excluding carboxylic acids is 1. The monoisotopic (exact) mass is 513 g/mol. The molecule has 0 fully saturated rings. The Labute approximate surface area is 198 Å². The van der Waals surface area contributed by atoms with Gasteiger partial charge in [0.25, 0.3) is 5.69 Å². The highest BCUT2D eigenvalue weighted by atomic mass is 79.9. The number of nitro benzene ring substituents is 1. The normalized spacial score (nSPS) is 10.8. The molecule has 0 bridgehead atoms. The molecule has 0 spiro atoms. The van der Waals surface area contributed by atoms with Crippen molar-refractivity contribution in [1.82, 2.24) is 5.43 Å². The molecule has 3 rings (SSSR count). The number of rotatable bonds is 10. The Kier molecular flexibility index (Phi) is 8.82. The van der Waals surface area contributed by atoms with Gasteiger partial charge in [-0.1, -0.05) is 34.1 Å². The molecular formula is C23H20BrN3O4S. The standard InChI is InChI=1S/C23H20BrN3O4S/c24-22-4-2-1-3-19(22)15-32-16-23(28)26-25-13-17-7-11-21(12-8-17)31-14-18-5-9-20(10-6-18)27(29)30/h1-13H,14-16H2,(H,26,28). The van der Waals surface area contributed by atoms with Crippen molar-refractivity contribution >= 4 is 45.5 Å². The van der Waals surface area contributed by atoms with Crippen molar-refractivity contribution in [3.63, 3.8) is 0 Å². The smallest absolute Gasteiger partial charge is 0.269 e. The number of hydrogen-bond donors (Lipinski definition) is 1. The molecule has 1 N–H and O–H groups in total. The maximum Gasteiger partial charge on any atom is 0.269 e. The highest BCUT2D eigenvalue weighted by Gasteiger charge is 2.05. The largest absolute Gasteiger partial charge is 0.489 e. The average Bonchev–Trinajstić information content (AvgIpc) is 2.80. The Morgan fingerprint density at radius 3 is 2.50 bits per heavy atom. The maximum atomic E-state index is 11.9. The minimum atomic E-state index is -0.434. The van der Waals surface area contributed by atoms with E-state index in [2.05, 4.69) is 26.5 Å². The van der Waals surface area contributed by atoms with Gasteiger partial charge in [-0.3, -0.25) is 14.9 Å². The first-order chi connectivity index (χ1) is 15.5. The van der Waals surface area contributed by atoms with E-state index >= 15 is 0 Å². The molecule has 7 nitrogen and oxygen atoms in total. The van der Waals surface area contributed by atoms with Gasteiger partial charge in [0.05, 0.1) is 16.9 Å². The van der Waals surface area contributed by atoms with Crippen molar-refractivity contribution in [3.8, 4) is 5.75 Å². The first kappa shape index (κ1) is 23.5. The fourth-order valence-electron chi connectivity index (χ4n) is 2.61.